The zero-order valence-electron chi connectivity index (χ0n) is 9.89. The van der Waals surface area contributed by atoms with Crippen LogP contribution in [0.4, 0.5) is 13.2 Å². The first-order valence-corrected chi connectivity index (χ1v) is 6.71. The molecule has 0 aliphatic rings. The van der Waals surface area contributed by atoms with Gasteiger partial charge in [0.05, 0.1) is 5.56 Å². The number of nitrogens with zero attached hydrogens (tertiary/aromatic N) is 3. The highest BCUT2D eigenvalue weighted by Crippen LogP contribution is 2.30. The highest BCUT2D eigenvalue weighted by molar-refractivity contribution is 14.1. The van der Waals surface area contributed by atoms with Crippen molar-refractivity contribution in [3.63, 3.8) is 0 Å². The van der Waals surface area contributed by atoms with Gasteiger partial charge in [0.2, 0.25) is 0 Å². The maximum Gasteiger partial charge on any atom is 0.417 e. The second kappa shape index (κ2) is 4.72. The Morgan fingerprint density at radius 2 is 1.85 bits per heavy atom. The van der Waals surface area contributed by atoms with Crippen LogP contribution in [-0.4, -0.2) is 14.6 Å². The molecule has 3 aromatic rings. The van der Waals surface area contributed by atoms with Gasteiger partial charge in [-0.25, -0.2) is 0 Å². The second-order valence-electron chi connectivity index (χ2n) is 4.18. The average Bonchev–Trinajstić information content (AvgIpc) is 2.80. The van der Waals surface area contributed by atoms with Crippen LogP contribution in [0.3, 0.4) is 0 Å². The van der Waals surface area contributed by atoms with E-state index in [1.54, 1.807) is 6.07 Å². The van der Waals surface area contributed by atoms with Crippen molar-refractivity contribution < 1.29 is 13.2 Å². The largest absolute Gasteiger partial charge is 0.417 e. The van der Waals surface area contributed by atoms with Crippen LogP contribution in [0.25, 0.3) is 17.0 Å². The molecule has 102 valence electrons. The minimum absolute atomic E-state index is 0.381. The second-order valence-corrected chi connectivity index (χ2v) is 5.42. The van der Waals surface area contributed by atoms with Gasteiger partial charge < -0.3 is 0 Å². The van der Waals surface area contributed by atoms with E-state index in [1.165, 1.54) is 10.5 Å². The van der Waals surface area contributed by atoms with Gasteiger partial charge in [-0.1, -0.05) is 12.1 Å². The lowest BCUT2D eigenvalue weighted by Gasteiger charge is -2.07. The summed E-state index contributed by atoms with van der Waals surface area (Å²) in [7, 11) is 0. The Kier molecular flexibility index (Phi) is 3.15. The molecule has 0 aliphatic carbocycles. The number of aromatic nitrogens is 3. The number of alkyl halides is 3. The molecule has 0 saturated carbocycles. The summed E-state index contributed by atoms with van der Waals surface area (Å²) in [5.74, 6) is 0.393. The minimum Gasteiger partial charge on any atom is -0.282 e. The zero-order valence-corrected chi connectivity index (χ0v) is 12.1. The minimum atomic E-state index is -4.39. The Bertz CT molecular complexity index is 780. The summed E-state index contributed by atoms with van der Waals surface area (Å²) in [6.07, 6.45) is -3.37. The first-order valence-electron chi connectivity index (χ1n) is 5.63. The van der Waals surface area contributed by atoms with Crippen molar-refractivity contribution in [1.29, 1.82) is 0 Å². The number of hydrogen-bond donors (Lipinski definition) is 0. The summed E-state index contributed by atoms with van der Waals surface area (Å²) >= 11 is 2.14. The summed E-state index contributed by atoms with van der Waals surface area (Å²) in [6.45, 7) is 0. The fraction of sp³-hybridized carbons (Fsp3) is 0.0769. The third-order valence-electron chi connectivity index (χ3n) is 2.81. The molecule has 2 heterocycles. The average molecular weight is 389 g/mol. The molecule has 3 nitrogen and oxygen atoms in total. The van der Waals surface area contributed by atoms with Gasteiger partial charge in [0.1, 0.15) is 0 Å². The third-order valence-corrected chi connectivity index (χ3v) is 3.48. The predicted octanol–water partition coefficient (Wildman–Crippen LogP) is 4.02. The third kappa shape index (κ3) is 2.37. The van der Waals surface area contributed by atoms with E-state index in [0.717, 1.165) is 21.4 Å². The molecule has 7 heteroatoms. The molecule has 0 fully saturated rings. The summed E-state index contributed by atoms with van der Waals surface area (Å²) in [5.41, 5.74) is 0.382. The van der Waals surface area contributed by atoms with Crippen LogP contribution in [0.1, 0.15) is 5.56 Å². The maximum atomic E-state index is 12.8. The summed E-state index contributed by atoms with van der Waals surface area (Å²) in [6, 6.07) is 9.67. The number of hydrogen-bond acceptors (Lipinski definition) is 2. The molecular formula is C13H7F3IN3. The van der Waals surface area contributed by atoms with Crippen molar-refractivity contribution in [2.75, 3.05) is 0 Å². The lowest BCUT2D eigenvalue weighted by Crippen LogP contribution is -2.06. The van der Waals surface area contributed by atoms with Crippen molar-refractivity contribution in [3.05, 3.63) is 51.7 Å². The van der Waals surface area contributed by atoms with Crippen LogP contribution in [-0.2, 0) is 6.18 Å². The fourth-order valence-corrected chi connectivity index (χ4v) is 2.43. The molecule has 0 spiro atoms. The summed E-state index contributed by atoms with van der Waals surface area (Å²) in [5, 5.41) is 7.86. The van der Waals surface area contributed by atoms with E-state index in [0.29, 0.717) is 11.5 Å². The van der Waals surface area contributed by atoms with Crippen LogP contribution in [0.15, 0.2) is 42.6 Å². The lowest BCUT2D eigenvalue weighted by molar-refractivity contribution is -0.137. The number of rotatable bonds is 1. The number of halogens is 4. The van der Waals surface area contributed by atoms with E-state index < -0.39 is 11.7 Å². The van der Waals surface area contributed by atoms with Crippen LogP contribution in [0.5, 0.6) is 0 Å². The van der Waals surface area contributed by atoms with Gasteiger partial charge in [0.25, 0.3) is 0 Å². The Hall–Kier alpha value is -1.64. The molecule has 0 amide bonds. The molecule has 0 radical (unpaired) electrons. The highest BCUT2D eigenvalue weighted by Gasteiger charge is 2.31. The highest BCUT2D eigenvalue weighted by atomic mass is 127. The molecule has 1 aromatic carbocycles. The van der Waals surface area contributed by atoms with Gasteiger partial charge in [-0.3, -0.25) is 4.40 Å². The van der Waals surface area contributed by atoms with Crippen molar-refractivity contribution in [2.45, 2.75) is 6.18 Å². The Morgan fingerprint density at radius 1 is 1.05 bits per heavy atom. The van der Waals surface area contributed by atoms with Gasteiger partial charge in [0, 0.05) is 15.3 Å². The van der Waals surface area contributed by atoms with Crippen molar-refractivity contribution >= 4 is 28.2 Å². The van der Waals surface area contributed by atoms with Crippen LogP contribution >= 0.6 is 22.6 Å². The molecule has 3 rings (SSSR count). The van der Waals surface area contributed by atoms with E-state index in [9.17, 15) is 13.2 Å². The molecule has 0 bridgehead atoms. The predicted molar refractivity (Wildman–Crippen MR) is 76.1 cm³/mol. The monoisotopic (exact) mass is 389 g/mol. The van der Waals surface area contributed by atoms with Crippen molar-refractivity contribution in [3.8, 4) is 11.4 Å². The maximum absolute atomic E-state index is 12.8. The molecule has 0 unspecified atom stereocenters. The van der Waals surface area contributed by atoms with Crippen molar-refractivity contribution in [2.24, 2.45) is 0 Å². The molecule has 0 saturated heterocycles. The van der Waals surface area contributed by atoms with E-state index in [2.05, 4.69) is 32.8 Å². The number of pyridine rings is 1. The van der Waals surface area contributed by atoms with Gasteiger partial charge in [-0.15, -0.1) is 10.2 Å². The lowest BCUT2D eigenvalue weighted by atomic mass is 10.2. The standard InChI is InChI=1S/C13H7F3IN3/c14-13(15,16)9-4-5-11-18-19-12(20(11)7-9)8-2-1-3-10(17)6-8/h1-7H. The molecular weight excluding hydrogens is 382 g/mol. The van der Waals surface area contributed by atoms with Crippen LogP contribution in [0.2, 0.25) is 0 Å². The molecule has 0 atom stereocenters. The molecule has 20 heavy (non-hydrogen) atoms. The molecule has 0 N–H and O–H groups in total. The normalized spacial score (nSPS) is 12.0. The quantitative estimate of drug-likeness (QED) is 0.589. The molecule has 0 aliphatic heterocycles. The molecule has 2 aromatic heterocycles. The number of fused-ring (bicyclic) bond motifs is 1. The zero-order chi connectivity index (χ0) is 14.3. The summed E-state index contributed by atoms with van der Waals surface area (Å²) < 4.78 is 40.6. The number of benzene rings is 1. The topological polar surface area (TPSA) is 30.2 Å². The fourth-order valence-electron chi connectivity index (χ4n) is 1.88. The van der Waals surface area contributed by atoms with E-state index in [4.69, 9.17) is 0 Å². The van der Waals surface area contributed by atoms with E-state index >= 15 is 0 Å². The van der Waals surface area contributed by atoms with E-state index in [-0.39, 0.29) is 0 Å². The first-order chi connectivity index (χ1) is 9.45. The van der Waals surface area contributed by atoms with Crippen LogP contribution in [0, 0.1) is 3.57 Å². The Labute approximate surface area is 125 Å². The SMILES string of the molecule is FC(F)(F)c1ccc2nnc(-c3cccc(I)c3)n2c1. The van der Waals surface area contributed by atoms with Gasteiger partial charge in [-0.2, -0.15) is 13.2 Å². The summed E-state index contributed by atoms with van der Waals surface area (Å²) in [4.78, 5) is 0. The van der Waals surface area contributed by atoms with Crippen LogP contribution < -0.4 is 0 Å². The van der Waals surface area contributed by atoms with E-state index in [1.807, 2.05) is 18.2 Å². The first kappa shape index (κ1) is 13.3. The van der Waals surface area contributed by atoms with Gasteiger partial charge in [-0.05, 0) is 46.9 Å². The Morgan fingerprint density at radius 3 is 2.55 bits per heavy atom. The van der Waals surface area contributed by atoms with Crippen molar-refractivity contribution in [1.82, 2.24) is 14.6 Å². The Balaban J connectivity index is 2.22. The smallest absolute Gasteiger partial charge is 0.282 e. The van der Waals surface area contributed by atoms with Gasteiger partial charge in [0.15, 0.2) is 11.5 Å². The van der Waals surface area contributed by atoms with Gasteiger partial charge >= 0.3 is 6.18 Å².